The number of hydrogen-bond acceptors (Lipinski definition) is 10. The number of ketones is 1. The van der Waals surface area contributed by atoms with Gasteiger partial charge >= 0.3 is 0 Å². The van der Waals surface area contributed by atoms with Crippen molar-refractivity contribution in [2.24, 2.45) is 10.8 Å². The number of ether oxygens (including phenoxy) is 1. The smallest absolute Gasteiger partial charge is 0.164 e. The van der Waals surface area contributed by atoms with Gasteiger partial charge in [-0.05, 0) is 230 Å². The minimum atomic E-state index is -0.417. The number of benzene rings is 9. The quantitative estimate of drug-likeness (QED) is 0.0334. The first-order chi connectivity index (χ1) is 62.5. The third-order valence-electron chi connectivity index (χ3n) is 23.2. The summed E-state index contributed by atoms with van der Waals surface area (Å²) < 4.78 is 5.92. The fraction of sp³-hybridized carbons (Fsp3) is 0.322. The second kappa shape index (κ2) is 53.6. The molecule has 0 saturated carbocycles. The van der Waals surface area contributed by atoms with Crippen molar-refractivity contribution in [3.8, 4) is 107 Å². The topological polar surface area (TPSA) is 137 Å². The summed E-state index contributed by atoms with van der Waals surface area (Å²) in [6, 6.07) is 82.1. The van der Waals surface area contributed by atoms with Crippen LogP contribution in [0.1, 0.15) is 247 Å². The zero-order valence-electron chi connectivity index (χ0n) is 84.0. The molecule has 0 aliphatic carbocycles. The zero-order valence-corrected chi connectivity index (χ0v) is 93.6. The van der Waals surface area contributed by atoms with Gasteiger partial charge < -0.3 is 29.8 Å². The van der Waals surface area contributed by atoms with E-state index in [0.717, 1.165) is 161 Å². The van der Waals surface area contributed by atoms with Crippen molar-refractivity contribution < 1.29 is 95.1 Å². The SMILES string of the molecule is C=Cc1cc(-c2c(C)cc(C)cc2C)c[c-]c1-c1cc(-c2c(C)cc(CCC)cc2C)ccn1.CC(C)(C)C(=O)C=C(O)C(C)(C)C.CCCCc1cnc(-c2[c-]cccc2)c(-c2c(C)cc(C)cc2C)n1.CCCOc1cc(-c2cc(-c3c(C(C)C)cccc3C(C)C)ccn2)[c-]cc1C.CCCc1nc(C)c[c-]c1-c1cc(Cc2ccc(-c3ccccc3)cc2)nc(C)n1.[Ir].[Ir].[Ir].[Ir]. The van der Waals surface area contributed by atoms with Crippen LogP contribution < -0.4 is 4.74 Å². The molecule has 14 aromatic rings. The van der Waals surface area contributed by atoms with Crippen LogP contribution in [-0.2, 0) is 111 Å². The molecule has 135 heavy (non-hydrogen) atoms. The second-order valence-corrected chi connectivity index (χ2v) is 37.5. The number of hydrogen-bond donors (Lipinski definition) is 1. The third-order valence-corrected chi connectivity index (χ3v) is 23.2. The van der Waals surface area contributed by atoms with Crippen molar-refractivity contribution in [2.75, 3.05) is 6.61 Å². The van der Waals surface area contributed by atoms with Crippen molar-refractivity contribution in [3.05, 3.63) is 362 Å². The Kier molecular flexibility index (Phi) is 45.1. The van der Waals surface area contributed by atoms with Gasteiger partial charge in [0.2, 0.25) is 0 Å². The van der Waals surface area contributed by atoms with Crippen LogP contribution in [-0.4, -0.2) is 52.4 Å². The Morgan fingerprint density at radius 3 is 1.57 bits per heavy atom. The van der Waals surface area contributed by atoms with Gasteiger partial charge in [-0.25, -0.2) is 4.98 Å². The fourth-order valence-electron chi connectivity index (χ4n) is 16.6. The minimum Gasteiger partial charge on any atom is -0.513 e. The van der Waals surface area contributed by atoms with E-state index in [1.54, 1.807) is 0 Å². The van der Waals surface area contributed by atoms with Crippen LogP contribution in [0.2, 0.25) is 0 Å². The normalized spacial score (nSPS) is 11.0. The largest absolute Gasteiger partial charge is 0.513 e. The number of pyridine rings is 3. The molecular formula is C121H137Ir4N7O3-4. The number of aliphatic hydroxyl groups is 1. The monoisotopic (exact) mass is 2510 g/mol. The molecule has 5 heterocycles. The first kappa shape index (κ1) is 114. The summed E-state index contributed by atoms with van der Waals surface area (Å²) in [4.78, 5) is 44.8. The third kappa shape index (κ3) is 31.5. The zero-order chi connectivity index (χ0) is 95.0. The number of aryl methyl sites for hydroxylation is 14. The second-order valence-electron chi connectivity index (χ2n) is 37.5. The van der Waals surface area contributed by atoms with Gasteiger partial charge in [-0.3, -0.25) is 14.8 Å². The van der Waals surface area contributed by atoms with Crippen molar-refractivity contribution in [2.45, 2.75) is 243 Å². The molecular weight excluding hydrogens is 2370 g/mol. The Balaban J connectivity index is 0.000000263. The number of allylic oxidation sites excluding steroid dienone is 2. The number of carbonyl (C=O) groups excluding carboxylic acids is 1. The summed E-state index contributed by atoms with van der Waals surface area (Å²) in [6.45, 7) is 57.1. The minimum absolute atomic E-state index is 0. The van der Waals surface area contributed by atoms with Gasteiger partial charge in [0.15, 0.2) is 5.78 Å². The van der Waals surface area contributed by atoms with Crippen molar-refractivity contribution in [1.29, 1.82) is 0 Å². The molecule has 5 aromatic heterocycles. The predicted molar refractivity (Wildman–Crippen MR) is 551 cm³/mol. The maximum atomic E-state index is 11.5. The molecule has 0 aliphatic heterocycles. The number of aliphatic hydroxyl groups excluding tert-OH is 1. The maximum Gasteiger partial charge on any atom is 0.164 e. The van der Waals surface area contributed by atoms with E-state index in [2.05, 4.69) is 321 Å². The van der Waals surface area contributed by atoms with Crippen molar-refractivity contribution in [1.82, 2.24) is 34.9 Å². The van der Waals surface area contributed by atoms with Gasteiger partial charge in [-0.1, -0.05) is 296 Å². The average molecular weight is 2510 g/mol. The molecule has 714 valence electrons. The molecule has 14 rings (SSSR count). The van der Waals surface area contributed by atoms with E-state index < -0.39 is 5.41 Å². The number of rotatable bonds is 25. The van der Waals surface area contributed by atoms with Crippen LogP contribution in [0.3, 0.4) is 0 Å². The Labute approximate surface area is 862 Å². The van der Waals surface area contributed by atoms with Crippen LogP contribution in [0.4, 0.5) is 0 Å². The molecule has 1 N–H and O–H groups in total. The molecule has 0 unspecified atom stereocenters. The summed E-state index contributed by atoms with van der Waals surface area (Å²) in [6.07, 6.45) is 18.3. The molecule has 4 radical (unpaired) electrons. The first-order valence-corrected chi connectivity index (χ1v) is 46.8. The van der Waals surface area contributed by atoms with E-state index in [0.29, 0.717) is 11.8 Å². The van der Waals surface area contributed by atoms with E-state index in [1.807, 2.05) is 116 Å². The molecule has 0 bridgehead atoms. The molecule has 14 heteroatoms. The number of aromatic nitrogens is 7. The van der Waals surface area contributed by atoms with E-state index in [9.17, 15) is 9.90 Å². The van der Waals surface area contributed by atoms with Crippen molar-refractivity contribution >= 4 is 11.9 Å². The summed E-state index contributed by atoms with van der Waals surface area (Å²) in [5.74, 6) is 2.71. The molecule has 9 aromatic carbocycles. The van der Waals surface area contributed by atoms with Gasteiger partial charge in [-0.15, -0.1) is 119 Å². The summed E-state index contributed by atoms with van der Waals surface area (Å²) in [5.41, 5.74) is 40.9. The van der Waals surface area contributed by atoms with Crippen LogP contribution in [0.25, 0.3) is 107 Å². The average Bonchev–Trinajstić information content (AvgIpc) is 0.771. The Morgan fingerprint density at radius 2 is 1.01 bits per heavy atom. The van der Waals surface area contributed by atoms with Crippen LogP contribution in [0.15, 0.2) is 231 Å². The molecule has 0 atom stereocenters. The molecule has 0 aliphatic rings. The maximum absolute atomic E-state index is 11.5. The van der Waals surface area contributed by atoms with Crippen molar-refractivity contribution in [3.63, 3.8) is 0 Å². The Hall–Kier alpha value is -10.1. The van der Waals surface area contributed by atoms with Gasteiger partial charge in [0, 0.05) is 139 Å². The number of nitrogens with zero attached hydrogens (tertiary/aromatic N) is 7. The summed E-state index contributed by atoms with van der Waals surface area (Å²) in [7, 11) is 0. The van der Waals surface area contributed by atoms with Crippen LogP contribution >= 0.6 is 0 Å². The van der Waals surface area contributed by atoms with Gasteiger partial charge in [-0.2, -0.15) is 0 Å². The summed E-state index contributed by atoms with van der Waals surface area (Å²) in [5, 5.41) is 9.56. The standard InChI is InChI=1S/C33H34N.C27H26N3.C27H32NO.C23H25N2.C11H20O2.4Ir/c1-8-10-26-17-24(6)33(25(7)18-26)29-13-14-34-31(20-29)30-12-11-28(19-27(30)9-2)32-22(4)15-21(3)16-23(32)5;1-4-8-26-25(16-11-19(2)28-26)27-18-24(29-20(3)30-27)17-21-12-14-23(15-13-21)22-9-6-5-7-10-22;1-7-15-29-26-17-21(12-11-20(26)6)25-16-22(13-14-28-25)27-23(18(2)3)9-8-10-24(27)19(4)5;1-5-6-12-20-15-24-22(19-10-8-7-9-11-19)23(25-20)21-17(3)13-16(2)14-18(21)4;1-10(2,3)8(12)7-9(13)11(4,5)6;;;;/h9,11,13-20H,2,8,10H2,1,3-7H3;5-7,9-15,18H,4,8,17H2,1-3H3;8-11,13-14,16-19H,7,15H2,1-6H3;7-10,13-15H,5-6,12H2,1-4H3;7,12H,1-6H3;;;;/q4*-1;;;;;. The summed E-state index contributed by atoms with van der Waals surface area (Å²) >= 11 is 0. The Morgan fingerprint density at radius 1 is 0.444 bits per heavy atom. The van der Waals surface area contributed by atoms with Gasteiger partial charge in [0.1, 0.15) is 11.6 Å². The van der Waals surface area contributed by atoms with Gasteiger partial charge in [0.05, 0.1) is 18.0 Å². The molecule has 0 fully saturated rings. The van der Waals surface area contributed by atoms with E-state index in [-0.39, 0.29) is 97.4 Å². The van der Waals surface area contributed by atoms with E-state index in [1.165, 1.54) is 123 Å². The van der Waals surface area contributed by atoms with E-state index in [4.69, 9.17) is 24.7 Å². The van der Waals surface area contributed by atoms with Crippen LogP contribution in [0.5, 0.6) is 5.75 Å². The first-order valence-electron chi connectivity index (χ1n) is 46.8. The fourth-order valence-corrected chi connectivity index (χ4v) is 16.6. The molecule has 0 saturated heterocycles. The Bertz CT molecular complexity index is 6190. The predicted octanol–water partition coefficient (Wildman–Crippen LogP) is 31.7. The van der Waals surface area contributed by atoms with Gasteiger partial charge in [0.25, 0.3) is 0 Å². The van der Waals surface area contributed by atoms with E-state index >= 15 is 0 Å². The van der Waals surface area contributed by atoms with Crippen LogP contribution in [0, 0.1) is 111 Å². The molecule has 0 amide bonds. The molecule has 10 nitrogen and oxygen atoms in total. The molecule has 0 spiro atoms. The number of carbonyl (C=O) groups is 1. The number of unbranched alkanes of at least 4 members (excludes halogenated alkanes) is 1.